The fraction of sp³-hybridized carbons (Fsp3) is 0.188. The van der Waals surface area contributed by atoms with Crippen molar-refractivity contribution in [2.75, 3.05) is 0 Å². The van der Waals surface area contributed by atoms with Gasteiger partial charge in [-0.25, -0.2) is 4.39 Å². The van der Waals surface area contributed by atoms with Gasteiger partial charge >= 0.3 is 0 Å². The van der Waals surface area contributed by atoms with Gasteiger partial charge in [0.15, 0.2) is 6.29 Å². The molecule has 0 N–H and O–H groups in total. The molecule has 3 rings (SSSR count). The summed E-state index contributed by atoms with van der Waals surface area (Å²) in [6.45, 7) is 0. The van der Waals surface area contributed by atoms with Gasteiger partial charge in [0, 0.05) is 5.56 Å². The number of carbonyl (C=O) groups is 1. The fourth-order valence-corrected chi connectivity index (χ4v) is 2.62. The smallest absolute Gasteiger partial charge is 0.150 e. The van der Waals surface area contributed by atoms with E-state index < -0.39 is 0 Å². The first-order chi connectivity index (χ1) is 8.78. The number of hydrogen-bond donors (Lipinski definition) is 0. The van der Waals surface area contributed by atoms with Crippen LogP contribution in [0.2, 0.25) is 0 Å². The number of fused-ring (bicyclic) bond motifs is 1. The Bertz CT molecular complexity index is 616. The molecule has 2 heteroatoms. The van der Waals surface area contributed by atoms with E-state index in [0.29, 0.717) is 11.1 Å². The first-order valence-electron chi connectivity index (χ1n) is 6.15. The number of benzene rings is 2. The zero-order chi connectivity index (χ0) is 12.5. The van der Waals surface area contributed by atoms with Gasteiger partial charge in [-0.1, -0.05) is 18.2 Å². The molecule has 0 saturated carbocycles. The molecule has 18 heavy (non-hydrogen) atoms. The van der Waals surface area contributed by atoms with E-state index in [1.807, 2.05) is 6.07 Å². The average Bonchev–Trinajstić information content (AvgIpc) is 2.85. The quantitative estimate of drug-likeness (QED) is 0.730. The summed E-state index contributed by atoms with van der Waals surface area (Å²) in [5.74, 6) is -0.309. The van der Waals surface area contributed by atoms with Crippen molar-refractivity contribution in [2.24, 2.45) is 0 Å². The summed E-state index contributed by atoms with van der Waals surface area (Å²) in [6, 6.07) is 10.4. The third kappa shape index (κ3) is 1.84. The van der Waals surface area contributed by atoms with Gasteiger partial charge in [0.1, 0.15) is 5.82 Å². The van der Waals surface area contributed by atoms with E-state index in [9.17, 15) is 9.18 Å². The lowest BCUT2D eigenvalue weighted by molar-refractivity contribution is 0.112. The van der Waals surface area contributed by atoms with Crippen LogP contribution in [0, 0.1) is 5.82 Å². The summed E-state index contributed by atoms with van der Waals surface area (Å²) in [7, 11) is 0. The Labute approximate surface area is 105 Å². The van der Waals surface area contributed by atoms with Gasteiger partial charge in [-0.05, 0) is 59.7 Å². The first kappa shape index (κ1) is 11.1. The predicted molar refractivity (Wildman–Crippen MR) is 69.2 cm³/mol. The van der Waals surface area contributed by atoms with Crippen LogP contribution in [0.25, 0.3) is 11.1 Å². The fourth-order valence-electron chi connectivity index (χ4n) is 2.62. The highest BCUT2D eigenvalue weighted by Gasteiger charge is 2.13. The number of hydrogen-bond acceptors (Lipinski definition) is 1. The molecule has 0 fully saturated rings. The minimum Gasteiger partial charge on any atom is -0.298 e. The van der Waals surface area contributed by atoms with Crippen LogP contribution in [-0.4, -0.2) is 6.29 Å². The second-order valence-corrected chi connectivity index (χ2v) is 4.69. The number of rotatable bonds is 2. The topological polar surface area (TPSA) is 17.1 Å². The van der Waals surface area contributed by atoms with Gasteiger partial charge in [-0.2, -0.15) is 0 Å². The first-order valence-corrected chi connectivity index (χ1v) is 6.15. The number of carbonyl (C=O) groups excluding carboxylic acids is 1. The molecule has 2 aromatic rings. The van der Waals surface area contributed by atoms with Crippen LogP contribution in [0.15, 0.2) is 36.4 Å². The van der Waals surface area contributed by atoms with Crippen LogP contribution in [0.1, 0.15) is 27.9 Å². The lowest BCUT2D eigenvalue weighted by Crippen LogP contribution is -1.91. The van der Waals surface area contributed by atoms with Gasteiger partial charge in [0.2, 0.25) is 0 Å². The predicted octanol–water partition coefficient (Wildman–Crippen LogP) is 3.79. The van der Waals surface area contributed by atoms with Crippen molar-refractivity contribution in [3.05, 3.63) is 58.9 Å². The molecule has 2 aromatic carbocycles. The highest BCUT2D eigenvalue weighted by molar-refractivity contribution is 5.87. The van der Waals surface area contributed by atoms with E-state index in [4.69, 9.17) is 0 Å². The molecule has 0 bridgehead atoms. The minimum absolute atomic E-state index is 0.309. The lowest BCUT2D eigenvalue weighted by atomic mass is 9.97. The molecular formula is C16H13FO. The molecule has 0 atom stereocenters. The monoisotopic (exact) mass is 240 g/mol. The molecule has 90 valence electrons. The third-order valence-electron chi connectivity index (χ3n) is 3.55. The van der Waals surface area contributed by atoms with Crippen LogP contribution in [0.5, 0.6) is 0 Å². The van der Waals surface area contributed by atoms with Gasteiger partial charge in [-0.15, -0.1) is 0 Å². The van der Waals surface area contributed by atoms with Crippen molar-refractivity contribution >= 4 is 6.29 Å². The minimum atomic E-state index is -0.309. The molecule has 0 amide bonds. The maximum Gasteiger partial charge on any atom is 0.150 e. The van der Waals surface area contributed by atoms with Crippen LogP contribution in [0.3, 0.4) is 0 Å². The van der Waals surface area contributed by atoms with Crippen molar-refractivity contribution in [2.45, 2.75) is 19.3 Å². The largest absolute Gasteiger partial charge is 0.298 e. The maximum absolute atomic E-state index is 13.3. The Hall–Kier alpha value is -1.96. The molecule has 0 spiro atoms. The van der Waals surface area contributed by atoms with E-state index in [2.05, 4.69) is 12.1 Å². The molecule has 1 nitrogen and oxygen atoms in total. The number of aryl methyl sites for hydroxylation is 2. The van der Waals surface area contributed by atoms with Gasteiger partial charge < -0.3 is 0 Å². The molecule has 0 saturated heterocycles. The second-order valence-electron chi connectivity index (χ2n) is 4.69. The highest BCUT2D eigenvalue weighted by Crippen LogP contribution is 2.29. The van der Waals surface area contributed by atoms with Crippen molar-refractivity contribution < 1.29 is 9.18 Å². The van der Waals surface area contributed by atoms with Gasteiger partial charge in [0.05, 0.1) is 0 Å². The molecule has 1 aliphatic rings. The number of halogens is 1. The Morgan fingerprint density at radius 3 is 2.67 bits per heavy atom. The zero-order valence-corrected chi connectivity index (χ0v) is 9.95. The van der Waals surface area contributed by atoms with Crippen LogP contribution >= 0.6 is 0 Å². The molecule has 0 unspecified atom stereocenters. The Kier molecular flexibility index (Phi) is 2.71. The van der Waals surface area contributed by atoms with Crippen molar-refractivity contribution in [3.63, 3.8) is 0 Å². The van der Waals surface area contributed by atoms with Crippen molar-refractivity contribution in [3.8, 4) is 11.1 Å². The molecule has 0 aliphatic heterocycles. The third-order valence-corrected chi connectivity index (χ3v) is 3.55. The van der Waals surface area contributed by atoms with E-state index in [1.165, 1.54) is 35.7 Å². The zero-order valence-electron chi connectivity index (χ0n) is 9.95. The average molecular weight is 240 g/mol. The lowest BCUT2D eigenvalue weighted by Gasteiger charge is -2.08. The maximum atomic E-state index is 13.3. The van der Waals surface area contributed by atoms with E-state index in [1.54, 1.807) is 0 Å². The van der Waals surface area contributed by atoms with E-state index in [-0.39, 0.29) is 5.82 Å². The summed E-state index contributed by atoms with van der Waals surface area (Å²) in [4.78, 5) is 11.0. The number of aldehydes is 1. The van der Waals surface area contributed by atoms with Crippen molar-refractivity contribution in [1.29, 1.82) is 0 Å². The molecular weight excluding hydrogens is 227 g/mol. The molecule has 0 radical (unpaired) electrons. The molecule has 0 aromatic heterocycles. The molecule has 0 heterocycles. The summed E-state index contributed by atoms with van der Waals surface area (Å²) in [5, 5.41) is 0. The van der Waals surface area contributed by atoms with Gasteiger partial charge in [0.25, 0.3) is 0 Å². The summed E-state index contributed by atoms with van der Waals surface area (Å²) >= 11 is 0. The summed E-state index contributed by atoms with van der Waals surface area (Å²) in [5.41, 5.74) is 4.85. The summed E-state index contributed by atoms with van der Waals surface area (Å²) < 4.78 is 13.3. The van der Waals surface area contributed by atoms with Crippen molar-refractivity contribution in [1.82, 2.24) is 0 Å². The van der Waals surface area contributed by atoms with E-state index in [0.717, 1.165) is 24.7 Å². The second kappa shape index (κ2) is 4.37. The van der Waals surface area contributed by atoms with Crippen LogP contribution < -0.4 is 0 Å². The molecule has 1 aliphatic carbocycles. The highest BCUT2D eigenvalue weighted by atomic mass is 19.1. The van der Waals surface area contributed by atoms with E-state index >= 15 is 0 Å². The Morgan fingerprint density at radius 1 is 1.00 bits per heavy atom. The van der Waals surface area contributed by atoms with Crippen LogP contribution in [-0.2, 0) is 12.8 Å². The normalized spacial score (nSPS) is 13.4. The Morgan fingerprint density at radius 2 is 1.83 bits per heavy atom. The summed E-state index contributed by atoms with van der Waals surface area (Å²) in [6.07, 6.45) is 4.17. The SMILES string of the molecule is O=Cc1ccc(F)cc1-c1ccc2c(c1)CCC2. The Balaban J connectivity index is 2.14. The van der Waals surface area contributed by atoms with Gasteiger partial charge in [-0.3, -0.25) is 4.79 Å². The van der Waals surface area contributed by atoms with Crippen LogP contribution in [0.4, 0.5) is 4.39 Å². The standard InChI is InChI=1S/C16H13FO/c17-15-7-6-14(10-18)16(9-15)13-5-4-11-2-1-3-12(11)8-13/h4-10H,1-3H2.